The van der Waals surface area contributed by atoms with E-state index in [-0.39, 0.29) is 0 Å². The van der Waals surface area contributed by atoms with Crippen molar-refractivity contribution in [1.29, 1.82) is 0 Å². The molecular formula is C16H19NO2. The van der Waals surface area contributed by atoms with Crippen molar-refractivity contribution in [2.24, 2.45) is 0 Å². The minimum absolute atomic E-state index is 0.637. The van der Waals surface area contributed by atoms with Gasteiger partial charge in [0.15, 0.2) is 0 Å². The molecule has 0 bridgehead atoms. The van der Waals surface area contributed by atoms with Crippen molar-refractivity contribution in [1.82, 2.24) is 0 Å². The molecule has 0 amide bonds. The molecule has 0 aromatic heterocycles. The monoisotopic (exact) mass is 257 g/mol. The van der Waals surface area contributed by atoms with Gasteiger partial charge in [0.25, 0.3) is 0 Å². The predicted octanol–water partition coefficient (Wildman–Crippen LogP) is 3.45. The van der Waals surface area contributed by atoms with Crippen molar-refractivity contribution in [3.8, 4) is 5.75 Å². The van der Waals surface area contributed by atoms with Crippen LogP contribution in [0.3, 0.4) is 0 Å². The SMILES string of the molecule is COCc1cccc(NCc2ccc(OC)cc2)c1. The summed E-state index contributed by atoms with van der Waals surface area (Å²) in [6.07, 6.45) is 0. The average molecular weight is 257 g/mol. The third-order valence-corrected chi connectivity index (χ3v) is 2.89. The van der Waals surface area contributed by atoms with Crippen LogP contribution < -0.4 is 10.1 Å². The quantitative estimate of drug-likeness (QED) is 0.859. The minimum atomic E-state index is 0.637. The Morgan fingerprint density at radius 2 is 1.74 bits per heavy atom. The molecule has 3 heteroatoms. The molecule has 0 fully saturated rings. The summed E-state index contributed by atoms with van der Waals surface area (Å²) in [5.74, 6) is 0.880. The zero-order valence-corrected chi connectivity index (χ0v) is 11.3. The van der Waals surface area contributed by atoms with Gasteiger partial charge in [-0.2, -0.15) is 0 Å². The Kier molecular flexibility index (Phi) is 4.81. The van der Waals surface area contributed by atoms with Gasteiger partial charge >= 0.3 is 0 Å². The number of hydrogen-bond donors (Lipinski definition) is 1. The molecule has 2 aromatic rings. The van der Waals surface area contributed by atoms with Gasteiger partial charge in [-0.25, -0.2) is 0 Å². The summed E-state index contributed by atoms with van der Waals surface area (Å²) >= 11 is 0. The van der Waals surface area contributed by atoms with E-state index in [0.29, 0.717) is 6.61 Å². The standard InChI is InChI=1S/C16H19NO2/c1-18-12-14-4-3-5-15(10-14)17-11-13-6-8-16(19-2)9-7-13/h3-10,17H,11-12H2,1-2H3. The highest BCUT2D eigenvalue weighted by Crippen LogP contribution is 2.15. The Morgan fingerprint density at radius 1 is 0.947 bits per heavy atom. The summed E-state index contributed by atoms with van der Waals surface area (Å²) in [5, 5.41) is 3.40. The van der Waals surface area contributed by atoms with Gasteiger partial charge in [-0.3, -0.25) is 0 Å². The van der Waals surface area contributed by atoms with Crippen LogP contribution in [0.15, 0.2) is 48.5 Å². The summed E-state index contributed by atoms with van der Waals surface area (Å²) in [6.45, 7) is 1.43. The van der Waals surface area contributed by atoms with E-state index >= 15 is 0 Å². The van der Waals surface area contributed by atoms with E-state index in [1.54, 1.807) is 14.2 Å². The zero-order chi connectivity index (χ0) is 13.5. The molecular weight excluding hydrogens is 238 g/mol. The molecule has 0 aliphatic carbocycles. The van der Waals surface area contributed by atoms with Gasteiger partial charge in [-0.15, -0.1) is 0 Å². The van der Waals surface area contributed by atoms with Crippen molar-refractivity contribution in [3.63, 3.8) is 0 Å². The van der Waals surface area contributed by atoms with E-state index in [4.69, 9.17) is 9.47 Å². The summed E-state index contributed by atoms with van der Waals surface area (Å²) in [4.78, 5) is 0. The molecule has 0 aliphatic heterocycles. The van der Waals surface area contributed by atoms with E-state index in [9.17, 15) is 0 Å². The van der Waals surface area contributed by atoms with Crippen molar-refractivity contribution >= 4 is 5.69 Å². The van der Waals surface area contributed by atoms with Crippen LogP contribution in [0.25, 0.3) is 0 Å². The second-order valence-electron chi connectivity index (χ2n) is 4.34. The maximum Gasteiger partial charge on any atom is 0.118 e. The lowest BCUT2D eigenvalue weighted by Gasteiger charge is -2.09. The van der Waals surface area contributed by atoms with Crippen LogP contribution in [0.2, 0.25) is 0 Å². The molecule has 2 aromatic carbocycles. The molecule has 0 spiro atoms. The fraction of sp³-hybridized carbons (Fsp3) is 0.250. The van der Waals surface area contributed by atoms with E-state index in [1.807, 2.05) is 18.2 Å². The molecule has 100 valence electrons. The Morgan fingerprint density at radius 3 is 2.42 bits per heavy atom. The van der Waals surface area contributed by atoms with Gasteiger partial charge in [-0.05, 0) is 35.4 Å². The molecule has 3 nitrogen and oxygen atoms in total. The van der Waals surface area contributed by atoms with Crippen LogP contribution in [-0.4, -0.2) is 14.2 Å². The van der Waals surface area contributed by atoms with Crippen LogP contribution in [0, 0.1) is 0 Å². The molecule has 0 radical (unpaired) electrons. The maximum absolute atomic E-state index is 5.14. The van der Waals surface area contributed by atoms with Gasteiger partial charge in [0, 0.05) is 19.3 Å². The van der Waals surface area contributed by atoms with Gasteiger partial charge in [0.2, 0.25) is 0 Å². The number of anilines is 1. The Bertz CT molecular complexity index is 508. The molecule has 0 heterocycles. The van der Waals surface area contributed by atoms with Gasteiger partial charge in [0.1, 0.15) is 5.75 Å². The minimum Gasteiger partial charge on any atom is -0.497 e. The molecule has 0 saturated carbocycles. The van der Waals surface area contributed by atoms with Crippen LogP contribution in [0.4, 0.5) is 5.69 Å². The Hall–Kier alpha value is -2.00. The van der Waals surface area contributed by atoms with Crippen molar-refractivity contribution < 1.29 is 9.47 Å². The van der Waals surface area contributed by atoms with E-state index in [2.05, 4.69) is 35.6 Å². The molecule has 2 rings (SSSR count). The van der Waals surface area contributed by atoms with Crippen molar-refractivity contribution in [2.75, 3.05) is 19.5 Å². The third-order valence-electron chi connectivity index (χ3n) is 2.89. The first kappa shape index (κ1) is 13.4. The van der Waals surface area contributed by atoms with Crippen LogP contribution in [0.1, 0.15) is 11.1 Å². The zero-order valence-electron chi connectivity index (χ0n) is 11.3. The average Bonchev–Trinajstić information content (AvgIpc) is 2.46. The number of nitrogens with one attached hydrogen (secondary N) is 1. The summed E-state index contributed by atoms with van der Waals surface area (Å²) < 4.78 is 10.3. The molecule has 0 saturated heterocycles. The highest BCUT2D eigenvalue weighted by atomic mass is 16.5. The topological polar surface area (TPSA) is 30.5 Å². The van der Waals surface area contributed by atoms with Gasteiger partial charge in [-0.1, -0.05) is 24.3 Å². The molecule has 1 N–H and O–H groups in total. The first-order chi connectivity index (χ1) is 9.31. The van der Waals surface area contributed by atoms with E-state index < -0.39 is 0 Å². The second-order valence-corrected chi connectivity index (χ2v) is 4.34. The maximum atomic E-state index is 5.14. The fourth-order valence-corrected chi connectivity index (χ4v) is 1.89. The molecule has 0 atom stereocenters. The highest BCUT2D eigenvalue weighted by Gasteiger charge is 1.97. The molecule has 0 unspecified atom stereocenters. The highest BCUT2D eigenvalue weighted by molar-refractivity contribution is 5.46. The van der Waals surface area contributed by atoms with Crippen LogP contribution in [-0.2, 0) is 17.9 Å². The number of ether oxygens (including phenoxy) is 2. The first-order valence-electron chi connectivity index (χ1n) is 6.26. The number of hydrogen-bond acceptors (Lipinski definition) is 3. The summed E-state index contributed by atoms with van der Waals surface area (Å²) in [5.41, 5.74) is 3.49. The molecule has 19 heavy (non-hydrogen) atoms. The van der Waals surface area contributed by atoms with E-state index in [1.165, 1.54) is 11.1 Å². The number of benzene rings is 2. The Balaban J connectivity index is 1.95. The predicted molar refractivity (Wildman–Crippen MR) is 77.5 cm³/mol. The van der Waals surface area contributed by atoms with Crippen LogP contribution >= 0.6 is 0 Å². The lowest BCUT2D eigenvalue weighted by molar-refractivity contribution is 0.185. The summed E-state index contributed by atoms with van der Waals surface area (Å²) in [7, 11) is 3.38. The van der Waals surface area contributed by atoms with Crippen molar-refractivity contribution in [2.45, 2.75) is 13.2 Å². The first-order valence-corrected chi connectivity index (χ1v) is 6.26. The number of rotatable bonds is 6. The fourth-order valence-electron chi connectivity index (χ4n) is 1.89. The normalized spacial score (nSPS) is 10.2. The van der Waals surface area contributed by atoms with Crippen LogP contribution in [0.5, 0.6) is 5.75 Å². The van der Waals surface area contributed by atoms with Gasteiger partial charge in [0.05, 0.1) is 13.7 Å². The van der Waals surface area contributed by atoms with E-state index in [0.717, 1.165) is 18.0 Å². The smallest absolute Gasteiger partial charge is 0.118 e. The Labute approximate surface area is 114 Å². The lowest BCUT2D eigenvalue weighted by Crippen LogP contribution is -2.00. The molecule has 0 aliphatic rings. The second kappa shape index (κ2) is 6.81. The number of methoxy groups -OCH3 is 2. The third kappa shape index (κ3) is 4.00. The van der Waals surface area contributed by atoms with Gasteiger partial charge < -0.3 is 14.8 Å². The van der Waals surface area contributed by atoms with Crippen molar-refractivity contribution in [3.05, 3.63) is 59.7 Å². The summed E-state index contributed by atoms with van der Waals surface area (Å²) in [6, 6.07) is 16.3. The lowest BCUT2D eigenvalue weighted by atomic mass is 10.2. The largest absolute Gasteiger partial charge is 0.497 e.